The zero-order chi connectivity index (χ0) is 19.9. The number of carbonyl (C=O) groups excluding carboxylic acids is 2. The molecular weight excluding hydrogens is 338 g/mol. The molecule has 0 amide bonds. The summed E-state index contributed by atoms with van der Waals surface area (Å²) in [6.45, 7) is 5.23. The molecule has 4 heteroatoms. The first-order valence-corrected chi connectivity index (χ1v) is 8.73. The number of benzene rings is 2. The van der Waals surface area contributed by atoms with E-state index in [4.69, 9.17) is 4.74 Å². The van der Waals surface area contributed by atoms with Crippen molar-refractivity contribution < 1.29 is 14.3 Å². The van der Waals surface area contributed by atoms with E-state index in [0.29, 0.717) is 5.56 Å². The molecule has 0 saturated heterocycles. The normalized spacial score (nSPS) is 13.6. The van der Waals surface area contributed by atoms with Crippen molar-refractivity contribution in [2.75, 3.05) is 0 Å². The number of hydrogen-bond donors (Lipinski definition) is 0. The van der Waals surface area contributed by atoms with Gasteiger partial charge in [0.15, 0.2) is 11.2 Å². The first kappa shape index (κ1) is 20.1. The standard InChI is InChI=1S/C23H23NO3/c1-22(2,3)27-21(26)23(17-24,16-18-10-6-4-7-11-18)15-14-20(25)19-12-8-5-9-13-19/h4-15H,16H2,1-3H3/b15-14+/t23-/m0/s1. The topological polar surface area (TPSA) is 67.2 Å². The van der Waals surface area contributed by atoms with Gasteiger partial charge in [0.1, 0.15) is 5.60 Å². The van der Waals surface area contributed by atoms with E-state index in [2.05, 4.69) is 6.07 Å². The van der Waals surface area contributed by atoms with E-state index in [1.54, 1.807) is 45.0 Å². The molecule has 0 radical (unpaired) electrons. The highest BCUT2D eigenvalue weighted by Crippen LogP contribution is 2.29. The maximum Gasteiger partial charge on any atom is 0.331 e. The molecule has 4 nitrogen and oxygen atoms in total. The van der Waals surface area contributed by atoms with Crippen LogP contribution in [0.4, 0.5) is 0 Å². The molecule has 2 aromatic carbocycles. The molecule has 0 saturated carbocycles. The summed E-state index contributed by atoms with van der Waals surface area (Å²) in [5.41, 5.74) is -1.03. The third-order valence-electron chi connectivity index (χ3n) is 3.87. The molecule has 0 aliphatic rings. The van der Waals surface area contributed by atoms with Gasteiger partial charge in [-0.25, -0.2) is 4.79 Å². The predicted octanol–water partition coefficient (Wildman–Crippen LogP) is 4.52. The van der Waals surface area contributed by atoms with Crippen LogP contribution >= 0.6 is 0 Å². The van der Waals surface area contributed by atoms with E-state index in [1.165, 1.54) is 12.2 Å². The van der Waals surface area contributed by atoms with Gasteiger partial charge >= 0.3 is 5.97 Å². The van der Waals surface area contributed by atoms with Gasteiger partial charge < -0.3 is 4.74 Å². The number of nitrogens with zero attached hydrogens (tertiary/aromatic N) is 1. The minimum Gasteiger partial charge on any atom is -0.459 e. The maximum atomic E-state index is 12.9. The smallest absolute Gasteiger partial charge is 0.331 e. The molecule has 2 aromatic rings. The molecule has 0 heterocycles. The van der Waals surface area contributed by atoms with Gasteiger partial charge in [0.25, 0.3) is 0 Å². The van der Waals surface area contributed by atoms with E-state index < -0.39 is 17.0 Å². The molecule has 138 valence electrons. The summed E-state index contributed by atoms with van der Waals surface area (Å²) in [5, 5.41) is 9.88. The molecular formula is C23H23NO3. The number of nitriles is 1. The number of hydrogen-bond acceptors (Lipinski definition) is 4. The second-order valence-corrected chi connectivity index (χ2v) is 7.31. The first-order valence-electron chi connectivity index (χ1n) is 8.73. The Kier molecular flexibility index (Phi) is 6.31. The quantitative estimate of drug-likeness (QED) is 0.431. The van der Waals surface area contributed by atoms with Gasteiger partial charge in [0, 0.05) is 12.0 Å². The molecule has 0 bridgehead atoms. The number of esters is 1. The lowest BCUT2D eigenvalue weighted by molar-refractivity contribution is -0.161. The summed E-state index contributed by atoms with van der Waals surface area (Å²) in [6, 6.07) is 20.0. The van der Waals surface area contributed by atoms with Crippen LogP contribution in [0.5, 0.6) is 0 Å². The Morgan fingerprint density at radius 2 is 1.56 bits per heavy atom. The summed E-state index contributed by atoms with van der Waals surface area (Å²) in [4.78, 5) is 25.3. The van der Waals surface area contributed by atoms with Crippen LogP contribution in [0.15, 0.2) is 72.8 Å². The Bertz CT molecular complexity index is 858. The Morgan fingerprint density at radius 3 is 2.07 bits per heavy atom. The van der Waals surface area contributed by atoms with Crippen molar-refractivity contribution in [3.8, 4) is 6.07 Å². The van der Waals surface area contributed by atoms with Gasteiger partial charge in [-0.15, -0.1) is 0 Å². The van der Waals surface area contributed by atoms with Crippen LogP contribution in [0, 0.1) is 16.7 Å². The average Bonchev–Trinajstić information content (AvgIpc) is 2.65. The molecule has 0 N–H and O–H groups in total. The van der Waals surface area contributed by atoms with Crippen molar-refractivity contribution in [2.45, 2.75) is 32.8 Å². The predicted molar refractivity (Wildman–Crippen MR) is 104 cm³/mol. The highest BCUT2D eigenvalue weighted by atomic mass is 16.6. The van der Waals surface area contributed by atoms with Crippen molar-refractivity contribution in [3.63, 3.8) is 0 Å². The first-order chi connectivity index (χ1) is 12.8. The van der Waals surface area contributed by atoms with Crippen LogP contribution < -0.4 is 0 Å². The summed E-state index contributed by atoms with van der Waals surface area (Å²) in [6.07, 6.45) is 2.77. The number of carbonyl (C=O) groups is 2. The fourth-order valence-electron chi connectivity index (χ4n) is 2.53. The Morgan fingerprint density at radius 1 is 1.00 bits per heavy atom. The molecule has 0 aliphatic carbocycles. The monoisotopic (exact) mass is 361 g/mol. The van der Waals surface area contributed by atoms with Crippen LogP contribution in [-0.4, -0.2) is 17.4 Å². The summed E-state index contributed by atoms with van der Waals surface area (Å²) in [5.74, 6) is -0.940. The lowest BCUT2D eigenvalue weighted by Crippen LogP contribution is -2.37. The van der Waals surface area contributed by atoms with Gasteiger partial charge in [-0.1, -0.05) is 60.7 Å². The lowest BCUT2D eigenvalue weighted by Gasteiger charge is -2.27. The molecule has 0 fully saturated rings. The second kappa shape index (κ2) is 8.46. The van der Waals surface area contributed by atoms with Gasteiger partial charge in [-0.05, 0) is 38.5 Å². The van der Waals surface area contributed by atoms with Crippen molar-refractivity contribution in [2.24, 2.45) is 5.41 Å². The lowest BCUT2D eigenvalue weighted by atomic mass is 9.82. The average molecular weight is 361 g/mol. The number of rotatable bonds is 6. The minimum atomic E-state index is -1.58. The van der Waals surface area contributed by atoms with E-state index in [-0.39, 0.29) is 12.2 Å². The molecule has 0 unspecified atom stereocenters. The van der Waals surface area contributed by atoms with Crippen molar-refractivity contribution in [1.82, 2.24) is 0 Å². The number of ether oxygens (including phenoxy) is 1. The van der Waals surface area contributed by atoms with E-state index in [0.717, 1.165) is 5.56 Å². The van der Waals surface area contributed by atoms with Crippen LogP contribution in [0.2, 0.25) is 0 Å². The molecule has 1 atom stereocenters. The van der Waals surface area contributed by atoms with Crippen LogP contribution in [0.25, 0.3) is 0 Å². The fourth-order valence-corrected chi connectivity index (χ4v) is 2.53. The third kappa shape index (κ3) is 5.65. The Hall–Kier alpha value is -3.19. The molecule has 0 aliphatic heterocycles. The maximum absolute atomic E-state index is 12.9. The van der Waals surface area contributed by atoms with Gasteiger partial charge in [-0.3, -0.25) is 4.79 Å². The largest absolute Gasteiger partial charge is 0.459 e. The zero-order valence-electron chi connectivity index (χ0n) is 15.8. The van der Waals surface area contributed by atoms with Gasteiger partial charge in [0.2, 0.25) is 0 Å². The van der Waals surface area contributed by atoms with Crippen LogP contribution in [0.3, 0.4) is 0 Å². The van der Waals surface area contributed by atoms with E-state index in [1.807, 2.05) is 36.4 Å². The molecule has 0 spiro atoms. The second-order valence-electron chi connectivity index (χ2n) is 7.31. The molecule has 27 heavy (non-hydrogen) atoms. The minimum absolute atomic E-state index is 0.123. The van der Waals surface area contributed by atoms with Gasteiger partial charge in [0.05, 0.1) is 6.07 Å². The van der Waals surface area contributed by atoms with E-state index >= 15 is 0 Å². The molecule has 2 rings (SSSR count). The zero-order valence-corrected chi connectivity index (χ0v) is 15.8. The highest BCUT2D eigenvalue weighted by Gasteiger charge is 2.40. The third-order valence-corrected chi connectivity index (χ3v) is 3.87. The Labute approximate surface area is 160 Å². The fraction of sp³-hybridized carbons (Fsp3) is 0.261. The summed E-state index contributed by atoms with van der Waals surface area (Å²) >= 11 is 0. The van der Waals surface area contributed by atoms with Gasteiger partial charge in [-0.2, -0.15) is 5.26 Å². The SMILES string of the molecule is CC(C)(C)OC(=O)[C@@](C#N)(/C=C/C(=O)c1ccccc1)Cc1ccccc1. The van der Waals surface area contributed by atoms with Crippen LogP contribution in [-0.2, 0) is 16.0 Å². The molecule has 0 aromatic heterocycles. The van der Waals surface area contributed by atoms with Crippen LogP contribution in [0.1, 0.15) is 36.7 Å². The van der Waals surface area contributed by atoms with E-state index in [9.17, 15) is 14.9 Å². The number of allylic oxidation sites excluding steroid dienone is 1. The summed E-state index contributed by atoms with van der Waals surface area (Å²) < 4.78 is 5.48. The number of ketones is 1. The van der Waals surface area contributed by atoms with Crippen molar-refractivity contribution in [3.05, 3.63) is 83.9 Å². The summed E-state index contributed by atoms with van der Waals surface area (Å²) in [7, 11) is 0. The highest BCUT2D eigenvalue weighted by molar-refractivity contribution is 6.05. The Balaban J connectivity index is 2.38. The van der Waals surface area contributed by atoms with Crippen molar-refractivity contribution >= 4 is 11.8 Å². The van der Waals surface area contributed by atoms with Crippen molar-refractivity contribution in [1.29, 1.82) is 5.26 Å².